The molecule has 1 unspecified atom stereocenters. The Hall–Kier alpha value is -1.43. The number of hydrogen-bond acceptors (Lipinski definition) is 4. The summed E-state index contributed by atoms with van der Waals surface area (Å²) < 4.78 is 0. The van der Waals surface area contributed by atoms with Gasteiger partial charge in [0.25, 0.3) is 0 Å². The lowest BCUT2D eigenvalue weighted by atomic mass is 9.99. The van der Waals surface area contributed by atoms with Gasteiger partial charge in [-0.2, -0.15) is 0 Å². The smallest absolute Gasteiger partial charge is 0.249 e. The number of amides is 3. The second-order valence-corrected chi connectivity index (χ2v) is 4.16. The molecule has 2 heterocycles. The molecule has 0 aromatic heterocycles. The van der Waals surface area contributed by atoms with Crippen molar-refractivity contribution < 1.29 is 14.4 Å². The largest absolute Gasteiger partial charge is 0.321 e. The summed E-state index contributed by atoms with van der Waals surface area (Å²) in [4.78, 5) is 36.2. The van der Waals surface area contributed by atoms with E-state index in [4.69, 9.17) is 0 Å². The summed E-state index contributed by atoms with van der Waals surface area (Å²) >= 11 is 0. The zero-order valence-corrected chi connectivity index (χ0v) is 9.16. The van der Waals surface area contributed by atoms with Crippen LogP contribution in [0.15, 0.2) is 0 Å². The monoisotopic (exact) mass is 225 g/mol. The van der Waals surface area contributed by atoms with Crippen LogP contribution in [-0.2, 0) is 14.4 Å². The second kappa shape index (κ2) is 4.21. The Labute approximate surface area is 93.4 Å². The van der Waals surface area contributed by atoms with Crippen molar-refractivity contribution in [3.8, 4) is 0 Å². The predicted octanol–water partition coefficient (Wildman–Crippen LogP) is -1.53. The molecular formula is C10H15N3O3. The average molecular weight is 225 g/mol. The molecule has 16 heavy (non-hydrogen) atoms. The van der Waals surface area contributed by atoms with E-state index in [0.29, 0.717) is 19.5 Å². The summed E-state index contributed by atoms with van der Waals surface area (Å²) in [5.74, 6) is -0.920. The quantitative estimate of drug-likeness (QED) is 0.559. The molecule has 2 saturated heterocycles. The molecular weight excluding hydrogens is 210 g/mol. The first-order valence-electron chi connectivity index (χ1n) is 5.48. The molecule has 3 amide bonds. The van der Waals surface area contributed by atoms with Crippen molar-refractivity contribution in [2.75, 3.05) is 19.6 Å². The lowest BCUT2D eigenvalue weighted by Crippen LogP contribution is -2.63. The minimum atomic E-state index is -0.495. The fourth-order valence-electron chi connectivity index (χ4n) is 2.00. The summed E-state index contributed by atoms with van der Waals surface area (Å²) in [5, 5.41) is 5.26. The number of hydrogen-bond donors (Lipinski definition) is 2. The van der Waals surface area contributed by atoms with E-state index in [2.05, 4.69) is 10.6 Å². The summed E-state index contributed by atoms with van der Waals surface area (Å²) in [7, 11) is 0. The number of piperazine rings is 1. The zero-order chi connectivity index (χ0) is 11.7. The van der Waals surface area contributed by atoms with Crippen LogP contribution in [0, 0.1) is 5.92 Å². The standard InChI is InChI=1S/C10H15N3O3/c1-2-7-9(15)12-8(14)5-13(7)10(16)6-3-11-4-6/h6-7,11H,2-5H2,1H3,(H,12,14,15). The maximum Gasteiger partial charge on any atom is 0.249 e. The highest BCUT2D eigenvalue weighted by Gasteiger charge is 2.39. The summed E-state index contributed by atoms with van der Waals surface area (Å²) in [6, 6.07) is -0.495. The molecule has 6 heteroatoms. The van der Waals surface area contributed by atoms with Crippen LogP contribution in [0.3, 0.4) is 0 Å². The van der Waals surface area contributed by atoms with Crippen molar-refractivity contribution in [1.29, 1.82) is 0 Å². The van der Waals surface area contributed by atoms with E-state index < -0.39 is 11.9 Å². The van der Waals surface area contributed by atoms with Crippen LogP contribution in [0.4, 0.5) is 0 Å². The molecule has 88 valence electrons. The highest BCUT2D eigenvalue weighted by atomic mass is 16.2. The van der Waals surface area contributed by atoms with Crippen molar-refractivity contribution in [2.45, 2.75) is 19.4 Å². The van der Waals surface area contributed by atoms with Gasteiger partial charge in [-0.3, -0.25) is 19.7 Å². The van der Waals surface area contributed by atoms with Gasteiger partial charge in [0.2, 0.25) is 17.7 Å². The first-order valence-corrected chi connectivity index (χ1v) is 5.48. The molecule has 0 saturated carbocycles. The second-order valence-electron chi connectivity index (χ2n) is 4.16. The molecule has 0 aromatic rings. The molecule has 0 aliphatic carbocycles. The molecule has 1 atom stereocenters. The highest BCUT2D eigenvalue weighted by molar-refractivity contribution is 6.04. The number of rotatable bonds is 2. The number of carbonyl (C=O) groups is 3. The van der Waals surface area contributed by atoms with Gasteiger partial charge in [0.05, 0.1) is 5.92 Å². The Balaban J connectivity index is 2.12. The molecule has 0 radical (unpaired) electrons. The predicted molar refractivity (Wildman–Crippen MR) is 55.3 cm³/mol. The van der Waals surface area contributed by atoms with E-state index in [0.717, 1.165) is 0 Å². The first-order chi connectivity index (χ1) is 7.63. The van der Waals surface area contributed by atoms with E-state index in [9.17, 15) is 14.4 Å². The third kappa shape index (κ3) is 1.80. The van der Waals surface area contributed by atoms with Gasteiger partial charge in [0, 0.05) is 13.1 Å². The van der Waals surface area contributed by atoms with E-state index in [1.165, 1.54) is 4.90 Å². The highest BCUT2D eigenvalue weighted by Crippen LogP contribution is 2.15. The van der Waals surface area contributed by atoms with Gasteiger partial charge in [-0.05, 0) is 6.42 Å². The normalized spacial score (nSPS) is 26.3. The van der Waals surface area contributed by atoms with Gasteiger partial charge in [-0.1, -0.05) is 6.92 Å². The van der Waals surface area contributed by atoms with Crippen LogP contribution in [0.1, 0.15) is 13.3 Å². The number of imide groups is 1. The summed E-state index contributed by atoms with van der Waals surface area (Å²) in [6.45, 7) is 3.11. The van der Waals surface area contributed by atoms with Crippen LogP contribution in [-0.4, -0.2) is 48.3 Å². The Kier molecular flexibility index (Phi) is 2.91. The first kappa shape index (κ1) is 11.1. The summed E-state index contributed by atoms with van der Waals surface area (Å²) in [6.07, 6.45) is 0.533. The van der Waals surface area contributed by atoms with Crippen LogP contribution in [0.25, 0.3) is 0 Å². The van der Waals surface area contributed by atoms with Crippen molar-refractivity contribution in [1.82, 2.24) is 15.5 Å². The average Bonchev–Trinajstić information content (AvgIpc) is 2.13. The summed E-state index contributed by atoms with van der Waals surface area (Å²) in [5.41, 5.74) is 0. The van der Waals surface area contributed by atoms with Crippen LogP contribution in [0.5, 0.6) is 0 Å². The fraction of sp³-hybridized carbons (Fsp3) is 0.700. The number of carbonyl (C=O) groups excluding carboxylic acids is 3. The van der Waals surface area contributed by atoms with Gasteiger partial charge in [-0.15, -0.1) is 0 Å². The van der Waals surface area contributed by atoms with Gasteiger partial charge >= 0.3 is 0 Å². The van der Waals surface area contributed by atoms with Crippen molar-refractivity contribution in [3.63, 3.8) is 0 Å². The third-order valence-electron chi connectivity index (χ3n) is 3.06. The van der Waals surface area contributed by atoms with Crippen LogP contribution >= 0.6 is 0 Å². The molecule has 2 aliphatic heterocycles. The van der Waals surface area contributed by atoms with Crippen LogP contribution in [0.2, 0.25) is 0 Å². The molecule has 2 aliphatic rings. The zero-order valence-electron chi connectivity index (χ0n) is 9.16. The van der Waals surface area contributed by atoms with Gasteiger partial charge < -0.3 is 10.2 Å². The van der Waals surface area contributed by atoms with Crippen molar-refractivity contribution >= 4 is 17.7 Å². The maximum atomic E-state index is 12.0. The Morgan fingerprint density at radius 2 is 2.12 bits per heavy atom. The van der Waals surface area contributed by atoms with E-state index >= 15 is 0 Å². The van der Waals surface area contributed by atoms with E-state index in [1.807, 2.05) is 6.92 Å². The molecule has 2 rings (SSSR count). The molecule has 6 nitrogen and oxygen atoms in total. The molecule has 0 spiro atoms. The third-order valence-corrected chi connectivity index (χ3v) is 3.06. The number of nitrogens with one attached hydrogen (secondary N) is 2. The van der Waals surface area contributed by atoms with Gasteiger partial charge in [0.1, 0.15) is 12.6 Å². The Morgan fingerprint density at radius 3 is 2.62 bits per heavy atom. The van der Waals surface area contributed by atoms with Crippen LogP contribution < -0.4 is 10.6 Å². The molecule has 2 fully saturated rings. The molecule has 2 N–H and O–H groups in total. The minimum absolute atomic E-state index is 0.000417. The van der Waals surface area contributed by atoms with Gasteiger partial charge in [-0.25, -0.2) is 0 Å². The lowest BCUT2D eigenvalue weighted by Gasteiger charge is -2.38. The van der Waals surface area contributed by atoms with Crippen molar-refractivity contribution in [3.05, 3.63) is 0 Å². The maximum absolute atomic E-state index is 12.0. The van der Waals surface area contributed by atoms with E-state index in [1.54, 1.807) is 0 Å². The van der Waals surface area contributed by atoms with E-state index in [-0.39, 0.29) is 24.3 Å². The Morgan fingerprint density at radius 1 is 1.44 bits per heavy atom. The fourth-order valence-corrected chi connectivity index (χ4v) is 2.00. The number of nitrogens with zero attached hydrogens (tertiary/aromatic N) is 1. The van der Waals surface area contributed by atoms with Gasteiger partial charge in [0.15, 0.2) is 0 Å². The lowest BCUT2D eigenvalue weighted by molar-refractivity contribution is -0.153. The topological polar surface area (TPSA) is 78.5 Å². The molecule has 0 aromatic carbocycles. The Bertz CT molecular complexity index is 338. The molecule has 0 bridgehead atoms. The minimum Gasteiger partial charge on any atom is -0.321 e. The SMILES string of the molecule is CCC1C(=O)NC(=O)CN1C(=O)C1CNC1. The van der Waals surface area contributed by atoms with Crippen molar-refractivity contribution in [2.24, 2.45) is 5.92 Å².